The summed E-state index contributed by atoms with van der Waals surface area (Å²) in [6.07, 6.45) is 3.72. The van der Waals surface area contributed by atoms with Gasteiger partial charge in [-0.3, -0.25) is 9.59 Å². The first-order valence-electron chi connectivity index (χ1n) is 6.63. The monoisotopic (exact) mass is 342 g/mol. The fourth-order valence-corrected chi connectivity index (χ4v) is 3.80. The average Bonchev–Trinajstić information content (AvgIpc) is 2.79. The summed E-state index contributed by atoms with van der Waals surface area (Å²) in [7, 11) is -3.46. The third-order valence-corrected chi connectivity index (χ3v) is 5.16. The lowest BCUT2D eigenvalue weighted by Crippen LogP contribution is -2.13. The Morgan fingerprint density at radius 2 is 2.05 bits per heavy atom. The second-order valence-electron chi connectivity index (χ2n) is 5.33. The molecule has 1 atom stereocenters. The quantitative estimate of drug-likeness (QED) is 0.888. The Hall–Kier alpha value is -1.66. The summed E-state index contributed by atoms with van der Waals surface area (Å²) in [6, 6.07) is 4.14. The number of halogens is 1. The van der Waals surface area contributed by atoms with Gasteiger partial charge in [0.05, 0.1) is 15.8 Å². The van der Waals surface area contributed by atoms with Crippen molar-refractivity contribution in [3.8, 4) is 0 Å². The largest absolute Gasteiger partial charge is 0.481 e. The number of benzene rings is 1. The molecule has 0 aromatic heterocycles. The summed E-state index contributed by atoms with van der Waals surface area (Å²) in [6.45, 7) is 0. The minimum absolute atomic E-state index is 0.00253. The molecule has 1 aliphatic rings. The van der Waals surface area contributed by atoms with Gasteiger partial charge in [0, 0.05) is 12.7 Å². The summed E-state index contributed by atoms with van der Waals surface area (Å²) in [5.74, 6) is -1.89. The second kappa shape index (κ2) is 6.22. The van der Waals surface area contributed by atoms with E-state index in [0.717, 1.165) is 11.8 Å². The number of hydrogen-bond donors (Lipinski definition) is 1. The van der Waals surface area contributed by atoms with Gasteiger partial charge in [-0.1, -0.05) is 23.2 Å². The highest BCUT2D eigenvalue weighted by Gasteiger charge is 2.25. The molecule has 0 radical (unpaired) electrons. The predicted octanol–water partition coefficient (Wildman–Crippen LogP) is 2.59. The first-order chi connectivity index (χ1) is 10.2. The predicted molar refractivity (Wildman–Crippen MR) is 81.9 cm³/mol. The van der Waals surface area contributed by atoms with Gasteiger partial charge in [-0.05, 0) is 36.6 Å². The van der Waals surface area contributed by atoms with Crippen LogP contribution in [0.1, 0.15) is 30.7 Å². The molecule has 1 N–H and O–H groups in total. The molecule has 0 aliphatic heterocycles. The number of hydrogen-bond acceptors (Lipinski definition) is 4. The second-order valence-corrected chi connectivity index (χ2v) is 7.72. The van der Waals surface area contributed by atoms with Gasteiger partial charge in [-0.15, -0.1) is 0 Å². The van der Waals surface area contributed by atoms with Gasteiger partial charge in [0.2, 0.25) is 0 Å². The van der Waals surface area contributed by atoms with Crippen LogP contribution in [0.4, 0.5) is 0 Å². The maximum absolute atomic E-state index is 11.5. The summed E-state index contributed by atoms with van der Waals surface area (Å²) >= 11 is 5.96. The van der Waals surface area contributed by atoms with E-state index in [0.29, 0.717) is 18.4 Å². The zero-order chi connectivity index (χ0) is 16.5. The van der Waals surface area contributed by atoms with Crippen molar-refractivity contribution >= 4 is 33.2 Å². The van der Waals surface area contributed by atoms with Crippen LogP contribution in [-0.4, -0.2) is 31.5 Å². The number of allylic oxidation sites excluding steroid dienone is 2. The molecule has 0 bridgehead atoms. The molecule has 0 saturated heterocycles. The van der Waals surface area contributed by atoms with Crippen LogP contribution in [0.3, 0.4) is 0 Å². The lowest BCUT2D eigenvalue weighted by molar-refractivity contribution is -0.138. The van der Waals surface area contributed by atoms with Crippen molar-refractivity contribution in [1.82, 2.24) is 0 Å². The molecule has 2 rings (SSSR count). The topological polar surface area (TPSA) is 88.5 Å². The molecule has 0 fully saturated rings. The van der Waals surface area contributed by atoms with E-state index in [1.807, 2.05) is 0 Å². The highest BCUT2D eigenvalue weighted by molar-refractivity contribution is 7.90. The molecule has 0 amide bonds. The third kappa shape index (κ3) is 3.75. The van der Waals surface area contributed by atoms with Crippen molar-refractivity contribution in [2.24, 2.45) is 0 Å². The van der Waals surface area contributed by atoms with Gasteiger partial charge in [-0.2, -0.15) is 0 Å². The Bertz CT molecular complexity index is 764. The van der Waals surface area contributed by atoms with Gasteiger partial charge < -0.3 is 5.11 Å². The molecule has 7 heteroatoms. The Kier molecular flexibility index (Phi) is 4.72. The average molecular weight is 343 g/mol. The molecular formula is C15H15ClO5S. The van der Waals surface area contributed by atoms with Crippen LogP contribution < -0.4 is 0 Å². The number of carboxylic acid groups (broad SMARTS) is 1. The van der Waals surface area contributed by atoms with Crippen molar-refractivity contribution in [3.63, 3.8) is 0 Å². The van der Waals surface area contributed by atoms with E-state index in [9.17, 15) is 23.1 Å². The van der Waals surface area contributed by atoms with E-state index >= 15 is 0 Å². The van der Waals surface area contributed by atoms with Crippen molar-refractivity contribution < 1.29 is 23.1 Å². The van der Waals surface area contributed by atoms with Gasteiger partial charge >= 0.3 is 5.97 Å². The molecule has 1 aliphatic carbocycles. The maximum atomic E-state index is 11.5. The van der Waals surface area contributed by atoms with E-state index in [1.165, 1.54) is 24.3 Å². The zero-order valence-electron chi connectivity index (χ0n) is 11.9. The maximum Gasteiger partial charge on any atom is 0.311 e. The number of aliphatic carboxylic acids is 1. The number of carbonyl (C=O) groups is 2. The van der Waals surface area contributed by atoms with Gasteiger partial charge in [-0.25, -0.2) is 8.42 Å². The Morgan fingerprint density at radius 1 is 1.36 bits per heavy atom. The van der Waals surface area contributed by atoms with Crippen LogP contribution in [0.2, 0.25) is 5.02 Å². The van der Waals surface area contributed by atoms with E-state index < -0.39 is 21.7 Å². The molecule has 22 heavy (non-hydrogen) atoms. The van der Waals surface area contributed by atoms with Gasteiger partial charge in [0.25, 0.3) is 0 Å². The highest BCUT2D eigenvalue weighted by Crippen LogP contribution is 2.32. The van der Waals surface area contributed by atoms with Crippen LogP contribution in [0.5, 0.6) is 0 Å². The van der Waals surface area contributed by atoms with Crippen LogP contribution in [0, 0.1) is 0 Å². The number of carbonyl (C=O) groups excluding carboxylic acids is 1. The van der Waals surface area contributed by atoms with Crippen LogP contribution in [0.25, 0.3) is 0 Å². The van der Waals surface area contributed by atoms with E-state index in [2.05, 4.69) is 0 Å². The fraction of sp³-hybridized carbons (Fsp3) is 0.333. The molecule has 0 saturated carbocycles. The minimum Gasteiger partial charge on any atom is -0.481 e. The lowest BCUT2D eigenvalue weighted by atomic mass is 9.92. The van der Waals surface area contributed by atoms with Crippen molar-refractivity contribution in [3.05, 3.63) is 40.4 Å². The fourth-order valence-electron chi connectivity index (χ4n) is 2.46. The van der Waals surface area contributed by atoms with Crippen molar-refractivity contribution in [2.45, 2.75) is 30.1 Å². The van der Waals surface area contributed by atoms with E-state index in [-0.39, 0.29) is 22.1 Å². The molecule has 1 aromatic rings. The number of rotatable bonds is 5. The van der Waals surface area contributed by atoms with Crippen molar-refractivity contribution in [1.29, 1.82) is 0 Å². The van der Waals surface area contributed by atoms with Gasteiger partial charge in [0.15, 0.2) is 15.6 Å². The smallest absolute Gasteiger partial charge is 0.311 e. The van der Waals surface area contributed by atoms with Crippen LogP contribution in [-0.2, 0) is 19.4 Å². The first-order valence-corrected chi connectivity index (χ1v) is 8.90. The van der Waals surface area contributed by atoms with Crippen molar-refractivity contribution in [2.75, 3.05) is 6.26 Å². The SMILES string of the molecule is CS(=O)(=O)c1ccc([C@@H](CC2=CC(=O)CC2)C(=O)O)cc1Cl. The molecule has 118 valence electrons. The van der Waals surface area contributed by atoms with Crippen LogP contribution in [0.15, 0.2) is 34.7 Å². The molecule has 5 nitrogen and oxygen atoms in total. The zero-order valence-corrected chi connectivity index (χ0v) is 13.4. The first kappa shape index (κ1) is 16.7. The van der Waals surface area contributed by atoms with Crippen LogP contribution >= 0.6 is 11.6 Å². The summed E-state index contributed by atoms with van der Waals surface area (Å²) < 4.78 is 23.1. The molecule has 0 spiro atoms. The number of sulfone groups is 1. The molecule has 0 unspecified atom stereocenters. The summed E-state index contributed by atoms with van der Waals surface area (Å²) in [5, 5.41) is 9.40. The standard InChI is InChI=1S/C15H15ClO5S/c1-22(20,21)14-5-3-10(8-13(14)16)12(15(18)19)7-9-2-4-11(17)6-9/h3,5-6,8,12H,2,4,7H2,1H3,(H,18,19)/t12-/m1/s1. The van der Waals surface area contributed by atoms with E-state index in [4.69, 9.17) is 11.6 Å². The minimum atomic E-state index is -3.46. The Balaban J connectivity index is 2.34. The number of carboxylic acids is 1. The number of ketones is 1. The Labute approximate surface area is 133 Å². The summed E-state index contributed by atoms with van der Waals surface area (Å²) in [5.41, 5.74) is 1.21. The Morgan fingerprint density at radius 3 is 2.50 bits per heavy atom. The molecule has 0 heterocycles. The van der Waals surface area contributed by atoms with E-state index in [1.54, 1.807) is 0 Å². The normalized spacial score (nSPS) is 16.5. The van der Waals surface area contributed by atoms with Gasteiger partial charge in [0.1, 0.15) is 0 Å². The highest BCUT2D eigenvalue weighted by atomic mass is 35.5. The summed E-state index contributed by atoms with van der Waals surface area (Å²) in [4.78, 5) is 22.7. The molecular weight excluding hydrogens is 328 g/mol. The molecule has 1 aromatic carbocycles. The lowest BCUT2D eigenvalue weighted by Gasteiger charge is -2.14. The third-order valence-electron chi connectivity index (χ3n) is 3.58.